The zero-order valence-corrected chi connectivity index (χ0v) is 14.1. The lowest BCUT2D eigenvalue weighted by Crippen LogP contribution is -2.09. The molecule has 0 spiro atoms. The molecule has 3 nitrogen and oxygen atoms in total. The van der Waals surface area contributed by atoms with Gasteiger partial charge in [0.2, 0.25) is 0 Å². The number of H-pyrrole nitrogens is 1. The second-order valence-electron chi connectivity index (χ2n) is 5.38. The molecule has 2 aromatic heterocycles. The predicted molar refractivity (Wildman–Crippen MR) is 95.3 cm³/mol. The fourth-order valence-electron chi connectivity index (χ4n) is 2.88. The Morgan fingerprint density at radius 3 is 3.05 bits per heavy atom. The summed E-state index contributed by atoms with van der Waals surface area (Å²) in [7, 11) is 0. The summed E-state index contributed by atoms with van der Waals surface area (Å²) < 4.78 is 1.03. The third kappa shape index (κ3) is 2.44. The van der Waals surface area contributed by atoms with E-state index in [-0.39, 0.29) is 5.56 Å². The van der Waals surface area contributed by atoms with Gasteiger partial charge in [0.25, 0.3) is 5.56 Å². The number of benzene rings is 1. The number of hydrogen-bond donors (Lipinski definition) is 1. The smallest absolute Gasteiger partial charge is 0.260 e. The third-order valence-electron chi connectivity index (χ3n) is 3.88. The van der Waals surface area contributed by atoms with Crippen molar-refractivity contribution in [1.82, 2.24) is 9.97 Å². The third-order valence-corrected chi connectivity index (χ3v) is 5.55. The zero-order valence-electron chi connectivity index (χ0n) is 11.7. The number of rotatable bonds is 2. The largest absolute Gasteiger partial charge is 0.306 e. The maximum Gasteiger partial charge on any atom is 0.260 e. The van der Waals surface area contributed by atoms with Crippen LogP contribution in [0.1, 0.15) is 28.2 Å². The van der Waals surface area contributed by atoms with E-state index < -0.39 is 0 Å². The number of nitrogens with one attached hydrogen (secondary N) is 1. The van der Waals surface area contributed by atoms with Crippen molar-refractivity contribution in [3.63, 3.8) is 0 Å². The Bertz CT molecular complexity index is 955. The summed E-state index contributed by atoms with van der Waals surface area (Å²) in [5.41, 5.74) is 2.26. The molecule has 0 fully saturated rings. The maximum atomic E-state index is 12.4. The van der Waals surface area contributed by atoms with Crippen LogP contribution in [0, 0.1) is 0 Å². The first-order valence-electron chi connectivity index (χ1n) is 7.19. The molecule has 0 bridgehead atoms. The van der Waals surface area contributed by atoms with Crippen molar-refractivity contribution in [3.05, 3.63) is 60.9 Å². The van der Waals surface area contributed by atoms with Crippen LogP contribution in [0.4, 0.5) is 0 Å². The van der Waals surface area contributed by atoms with Crippen LogP contribution in [-0.4, -0.2) is 9.97 Å². The van der Waals surface area contributed by atoms with E-state index in [1.807, 2.05) is 36.4 Å². The Morgan fingerprint density at radius 2 is 2.18 bits per heavy atom. The van der Waals surface area contributed by atoms with Crippen molar-refractivity contribution >= 4 is 49.6 Å². The van der Waals surface area contributed by atoms with Gasteiger partial charge in [-0.1, -0.05) is 34.1 Å². The number of halogens is 1. The van der Waals surface area contributed by atoms with Gasteiger partial charge in [0.1, 0.15) is 10.7 Å². The van der Waals surface area contributed by atoms with Crippen LogP contribution in [0.3, 0.4) is 0 Å². The molecule has 2 heterocycles. The zero-order chi connectivity index (χ0) is 15.1. The van der Waals surface area contributed by atoms with Crippen molar-refractivity contribution in [1.29, 1.82) is 0 Å². The van der Waals surface area contributed by atoms with Gasteiger partial charge >= 0.3 is 0 Å². The Kier molecular flexibility index (Phi) is 3.47. The van der Waals surface area contributed by atoms with Crippen molar-refractivity contribution in [2.75, 3.05) is 0 Å². The number of fused-ring (bicyclic) bond motifs is 3. The molecular weight excluding hydrogens is 360 g/mol. The van der Waals surface area contributed by atoms with Gasteiger partial charge in [-0.3, -0.25) is 4.79 Å². The minimum atomic E-state index is -0.0155. The second kappa shape index (κ2) is 5.48. The van der Waals surface area contributed by atoms with Crippen molar-refractivity contribution < 1.29 is 0 Å². The van der Waals surface area contributed by atoms with E-state index in [0.29, 0.717) is 5.82 Å². The monoisotopic (exact) mass is 372 g/mol. The highest BCUT2D eigenvalue weighted by Crippen LogP contribution is 2.34. The highest BCUT2D eigenvalue weighted by atomic mass is 79.9. The predicted octanol–water partition coefficient (Wildman–Crippen LogP) is 4.41. The summed E-state index contributed by atoms with van der Waals surface area (Å²) in [6.07, 6.45) is 7.05. The van der Waals surface area contributed by atoms with Gasteiger partial charge < -0.3 is 4.98 Å². The van der Waals surface area contributed by atoms with Crippen molar-refractivity contribution in [2.24, 2.45) is 0 Å². The fraction of sp³-hybridized carbons (Fsp3) is 0.176. The minimum absolute atomic E-state index is 0.0155. The molecule has 1 aromatic carbocycles. The Balaban J connectivity index is 1.75. The first kappa shape index (κ1) is 13.9. The van der Waals surface area contributed by atoms with Gasteiger partial charge in [-0.15, -0.1) is 11.3 Å². The topological polar surface area (TPSA) is 45.8 Å². The number of aromatic nitrogens is 2. The lowest BCUT2D eigenvalue weighted by Gasteiger charge is -1.97. The van der Waals surface area contributed by atoms with Crippen LogP contribution in [0.15, 0.2) is 33.5 Å². The molecule has 22 heavy (non-hydrogen) atoms. The van der Waals surface area contributed by atoms with Gasteiger partial charge in [0, 0.05) is 9.35 Å². The molecule has 1 N–H and O–H groups in total. The quantitative estimate of drug-likeness (QED) is 0.724. The van der Waals surface area contributed by atoms with Gasteiger partial charge in [0.15, 0.2) is 0 Å². The van der Waals surface area contributed by atoms with E-state index in [1.165, 1.54) is 10.4 Å². The molecule has 0 amide bonds. The average Bonchev–Trinajstić information content (AvgIpc) is 3.05. The molecule has 0 aliphatic heterocycles. The number of aryl methyl sites for hydroxylation is 2. The lowest BCUT2D eigenvalue weighted by molar-refractivity contribution is 0.916. The van der Waals surface area contributed by atoms with Gasteiger partial charge in [0.05, 0.1) is 5.39 Å². The Hall–Kier alpha value is -1.72. The summed E-state index contributed by atoms with van der Waals surface area (Å²) >= 11 is 5.12. The Labute approximate surface area is 139 Å². The van der Waals surface area contributed by atoms with Gasteiger partial charge in [-0.25, -0.2) is 4.98 Å². The van der Waals surface area contributed by atoms with Crippen LogP contribution < -0.4 is 5.56 Å². The molecule has 0 unspecified atom stereocenters. The average molecular weight is 373 g/mol. The minimum Gasteiger partial charge on any atom is -0.306 e. The molecule has 4 rings (SSSR count). The van der Waals surface area contributed by atoms with Crippen LogP contribution >= 0.6 is 27.3 Å². The molecule has 0 saturated heterocycles. The molecular formula is C17H13BrN2OS. The van der Waals surface area contributed by atoms with Crippen molar-refractivity contribution in [3.8, 4) is 0 Å². The summed E-state index contributed by atoms with van der Waals surface area (Å²) in [6, 6.07) is 7.99. The van der Waals surface area contributed by atoms with Gasteiger partial charge in [-0.05, 0) is 48.6 Å². The lowest BCUT2D eigenvalue weighted by atomic mass is 10.2. The summed E-state index contributed by atoms with van der Waals surface area (Å²) in [5.74, 6) is 0.609. The second-order valence-corrected chi connectivity index (χ2v) is 7.38. The standard InChI is InChI=1S/C17H13BrN2OS/c18-11-4-1-3-10(9-11)7-8-14-19-16(21)15-12-5-2-6-13(12)22-17(15)20-14/h1,3-4,7-9H,2,5-6H2,(H,19,20,21)/b8-7+. The number of thiophene rings is 1. The maximum absolute atomic E-state index is 12.4. The number of nitrogens with zero attached hydrogens (tertiary/aromatic N) is 1. The first-order chi connectivity index (χ1) is 10.7. The molecule has 5 heteroatoms. The number of hydrogen-bond acceptors (Lipinski definition) is 3. The van der Waals surface area contributed by atoms with E-state index in [0.717, 1.165) is 39.5 Å². The molecule has 0 saturated carbocycles. The van der Waals surface area contributed by atoms with Crippen LogP contribution in [-0.2, 0) is 12.8 Å². The highest BCUT2D eigenvalue weighted by Gasteiger charge is 2.20. The van der Waals surface area contributed by atoms with Crippen LogP contribution in [0.5, 0.6) is 0 Å². The van der Waals surface area contributed by atoms with E-state index >= 15 is 0 Å². The Morgan fingerprint density at radius 1 is 1.27 bits per heavy atom. The van der Waals surface area contributed by atoms with Crippen LogP contribution in [0.2, 0.25) is 0 Å². The first-order valence-corrected chi connectivity index (χ1v) is 8.80. The molecule has 0 radical (unpaired) electrons. The summed E-state index contributed by atoms with van der Waals surface area (Å²) in [6.45, 7) is 0. The SMILES string of the molecule is O=c1[nH]c(/C=C/c2cccc(Br)c2)nc2sc3c(c12)CCC3. The fourth-order valence-corrected chi connectivity index (χ4v) is 4.57. The summed E-state index contributed by atoms with van der Waals surface area (Å²) in [5, 5.41) is 0.803. The van der Waals surface area contributed by atoms with E-state index in [9.17, 15) is 4.79 Å². The number of aromatic amines is 1. The normalized spacial score (nSPS) is 14.0. The molecule has 3 aromatic rings. The van der Waals surface area contributed by atoms with Crippen LogP contribution in [0.25, 0.3) is 22.4 Å². The molecule has 1 aliphatic rings. The molecule has 0 atom stereocenters. The van der Waals surface area contributed by atoms with E-state index in [2.05, 4.69) is 25.9 Å². The molecule has 110 valence electrons. The molecule has 1 aliphatic carbocycles. The summed E-state index contributed by atoms with van der Waals surface area (Å²) in [4.78, 5) is 22.0. The van der Waals surface area contributed by atoms with E-state index in [4.69, 9.17) is 0 Å². The highest BCUT2D eigenvalue weighted by molar-refractivity contribution is 9.10. The van der Waals surface area contributed by atoms with E-state index in [1.54, 1.807) is 11.3 Å². The van der Waals surface area contributed by atoms with Crippen molar-refractivity contribution in [2.45, 2.75) is 19.3 Å². The van der Waals surface area contributed by atoms with Gasteiger partial charge in [-0.2, -0.15) is 0 Å².